The molecule has 0 unspecified atom stereocenters. The van der Waals surface area contributed by atoms with Crippen molar-refractivity contribution in [2.45, 2.75) is 24.4 Å². The first-order valence-electron chi connectivity index (χ1n) is 8.50. The van der Waals surface area contributed by atoms with Crippen LogP contribution < -0.4 is 19.9 Å². The summed E-state index contributed by atoms with van der Waals surface area (Å²) in [5.41, 5.74) is 1.46. The molecule has 0 bridgehead atoms. The maximum absolute atomic E-state index is 12.5. The van der Waals surface area contributed by atoms with Gasteiger partial charge in [-0.3, -0.25) is 9.69 Å². The van der Waals surface area contributed by atoms with Crippen LogP contribution in [0.15, 0.2) is 47.4 Å². The molecule has 8 nitrogen and oxygen atoms in total. The predicted molar refractivity (Wildman–Crippen MR) is 107 cm³/mol. The van der Waals surface area contributed by atoms with Crippen molar-refractivity contribution in [3.63, 3.8) is 0 Å². The van der Waals surface area contributed by atoms with E-state index in [9.17, 15) is 13.2 Å². The smallest absolute Gasteiger partial charge is 0.241 e. The third kappa shape index (κ3) is 5.44. The van der Waals surface area contributed by atoms with E-state index in [1.165, 1.54) is 24.3 Å². The minimum atomic E-state index is -3.76. The van der Waals surface area contributed by atoms with Gasteiger partial charge in [-0.05, 0) is 55.9 Å². The Bertz CT molecular complexity index is 929. The maximum Gasteiger partial charge on any atom is 0.241 e. The van der Waals surface area contributed by atoms with Crippen molar-refractivity contribution in [1.82, 2.24) is 4.90 Å². The molecule has 2 aromatic rings. The Morgan fingerprint density at radius 1 is 1.11 bits per heavy atom. The first-order chi connectivity index (χ1) is 13.2. The summed E-state index contributed by atoms with van der Waals surface area (Å²) in [7, 11) is 1.22. The zero-order valence-electron chi connectivity index (χ0n) is 16.3. The SMILES string of the molecule is COc1ccc(CN(C)[C@@H](C)C(=O)Nc2ccc(S(N)(=O)=O)cc2)cc1OC. The van der Waals surface area contributed by atoms with Crippen molar-refractivity contribution in [3.05, 3.63) is 48.0 Å². The number of anilines is 1. The number of nitrogens with one attached hydrogen (secondary N) is 1. The number of primary sulfonamides is 1. The van der Waals surface area contributed by atoms with Gasteiger partial charge in [0.1, 0.15) is 0 Å². The molecule has 0 saturated carbocycles. The normalized spacial score (nSPS) is 12.5. The number of rotatable bonds is 8. The van der Waals surface area contributed by atoms with Gasteiger partial charge in [0.15, 0.2) is 11.5 Å². The van der Waals surface area contributed by atoms with Gasteiger partial charge < -0.3 is 14.8 Å². The molecule has 1 amide bonds. The lowest BCUT2D eigenvalue weighted by atomic mass is 10.1. The lowest BCUT2D eigenvalue weighted by Crippen LogP contribution is -2.39. The number of amides is 1. The van der Waals surface area contributed by atoms with Crippen molar-refractivity contribution in [1.29, 1.82) is 0 Å². The van der Waals surface area contributed by atoms with E-state index in [-0.39, 0.29) is 10.8 Å². The van der Waals surface area contributed by atoms with Crippen LogP contribution in [0.4, 0.5) is 5.69 Å². The Kier molecular flexibility index (Phi) is 7.00. The summed E-state index contributed by atoms with van der Waals surface area (Å²) in [4.78, 5) is 14.4. The molecule has 0 heterocycles. The van der Waals surface area contributed by atoms with Crippen LogP contribution >= 0.6 is 0 Å². The summed E-state index contributed by atoms with van der Waals surface area (Å²) in [6.07, 6.45) is 0. The van der Waals surface area contributed by atoms with Gasteiger partial charge in [-0.2, -0.15) is 0 Å². The number of hydrogen-bond acceptors (Lipinski definition) is 6. The molecule has 0 fully saturated rings. The second-order valence-electron chi connectivity index (χ2n) is 6.34. The van der Waals surface area contributed by atoms with E-state index in [2.05, 4.69) is 5.32 Å². The molecule has 0 aliphatic carbocycles. The van der Waals surface area contributed by atoms with Gasteiger partial charge in [-0.15, -0.1) is 0 Å². The van der Waals surface area contributed by atoms with Gasteiger partial charge in [0.05, 0.1) is 25.2 Å². The van der Waals surface area contributed by atoms with Crippen molar-refractivity contribution in [2.24, 2.45) is 5.14 Å². The van der Waals surface area contributed by atoms with E-state index >= 15 is 0 Å². The van der Waals surface area contributed by atoms with Crippen molar-refractivity contribution in [2.75, 3.05) is 26.6 Å². The number of carbonyl (C=O) groups is 1. The van der Waals surface area contributed by atoms with Crippen LogP contribution in [-0.2, 0) is 21.4 Å². The van der Waals surface area contributed by atoms with E-state index in [1.54, 1.807) is 21.1 Å². The number of benzene rings is 2. The molecular formula is C19H25N3O5S. The third-order valence-corrected chi connectivity index (χ3v) is 5.30. The van der Waals surface area contributed by atoms with Gasteiger partial charge in [0.25, 0.3) is 0 Å². The monoisotopic (exact) mass is 407 g/mol. The molecule has 0 aliphatic rings. The van der Waals surface area contributed by atoms with Gasteiger partial charge >= 0.3 is 0 Å². The minimum Gasteiger partial charge on any atom is -0.493 e. The molecule has 0 aromatic heterocycles. The van der Waals surface area contributed by atoms with Gasteiger partial charge in [-0.25, -0.2) is 13.6 Å². The number of carbonyl (C=O) groups excluding carboxylic acids is 1. The average molecular weight is 407 g/mol. The molecule has 9 heteroatoms. The molecular weight excluding hydrogens is 382 g/mol. The summed E-state index contributed by atoms with van der Waals surface area (Å²) in [6, 6.07) is 10.9. The first kappa shape index (κ1) is 21.7. The Morgan fingerprint density at radius 2 is 1.71 bits per heavy atom. The summed E-state index contributed by atoms with van der Waals surface area (Å²) < 4.78 is 33.1. The van der Waals surface area contributed by atoms with Gasteiger partial charge in [0.2, 0.25) is 15.9 Å². The van der Waals surface area contributed by atoms with Crippen molar-refractivity contribution in [3.8, 4) is 11.5 Å². The Balaban J connectivity index is 2.02. The summed E-state index contributed by atoms with van der Waals surface area (Å²) >= 11 is 0. The van der Waals surface area contributed by atoms with Crippen LogP contribution in [0.2, 0.25) is 0 Å². The van der Waals surface area contributed by atoms with Crippen LogP contribution in [-0.4, -0.2) is 46.5 Å². The molecule has 2 rings (SSSR count). The maximum atomic E-state index is 12.5. The van der Waals surface area contributed by atoms with Crippen molar-refractivity contribution < 1.29 is 22.7 Å². The number of hydrogen-bond donors (Lipinski definition) is 2. The summed E-state index contributed by atoms with van der Waals surface area (Å²) in [5.74, 6) is 1.05. The van der Waals surface area contributed by atoms with Crippen LogP contribution in [0.1, 0.15) is 12.5 Å². The zero-order valence-corrected chi connectivity index (χ0v) is 17.1. The number of nitrogens with zero attached hydrogens (tertiary/aromatic N) is 1. The molecule has 0 spiro atoms. The van der Waals surface area contributed by atoms with E-state index in [4.69, 9.17) is 14.6 Å². The minimum absolute atomic E-state index is 0.0101. The first-order valence-corrected chi connectivity index (χ1v) is 10.0. The topological polar surface area (TPSA) is 111 Å². The van der Waals surface area contributed by atoms with Gasteiger partial charge in [0, 0.05) is 12.2 Å². The Morgan fingerprint density at radius 3 is 2.25 bits per heavy atom. The summed E-state index contributed by atoms with van der Waals surface area (Å²) in [5, 5.41) is 7.84. The van der Waals surface area contributed by atoms with E-state index in [0.29, 0.717) is 23.7 Å². The molecule has 152 valence electrons. The van der Waals surface area contributed by atoms with E-state index < -0.39 is 16.1 Å². The van der Waals surface area contributed by atoms with Crippen LogP contribution in [0.5, 0.6) is 11.5 Å². The lowest BCUT2D eigenvalue weighted by molar-refractivity contribution is -0.120. The predicted octanol–water partition coefficient (Wildman–Crippen LogP) is 1.81. The Hall–Kier alpha value is -2.62. The van der Waals surface area contributed by atoms with Crippen LogP contribution in [0, 0.1) is 0 Å². The standard InChI is InChI=1S/C19H25N3O5S/c1-13(19(23)21-15-6-8-16(9-7-15)28(20,24)25)22(2)12-14-5-10-17(26-3)18(11-14)27-4/h5-11,13H,12H2,1-4H3,(H,21,23)(H2,20,24,25)/t13-/m0/s1. The second kappa shape index (κ2) is 9.05. The fourth-order valence-electron chi connectivity index (χ4n) is 2.58. The highest BCUT2D eigenvalue weighted by molar-refractivity contribution is 7.89. The van der Waals surface area contributed by atoms with Crippen molar-refractivity contribution >= 4 is 21.6 Å². The molecule has 1 atom stereocenters. The van der Waals surface area contributed by atoms with E-state index in [1.807, 2.05) is 30.1 Å². The van der Waals surface area contributed by atoms with Crippen LogP contribution in [0.25, 0.3) is 0 Å². The number of likely N-dealkylation sites (N-methyl/N-ethyl adjacent to an activating group) is 1. The number of methoxy groups -OCH3 is 2. The van der Waals surface area contributed by atoms with Crippen LogP contribution in [0.3, 0.4) is 0 Å². The molecule has 0 aliphatic heterocycles. The highest BCUT2D eigenvalue weighted by Crippen LogP contribution is 2.28. The third-order valence-electron chi connectivity index (χ3n) is 4.37. The van der Waals surface area contributed by atoms with Gasteiger partial charge in [-0.1, -0.05) is 6.07 Å². The molecule has 28 heavy (non-hydrogen) atoms. The number of sulfonamides is 1. The highest BCUT2D eigenvalue weighted by Gasteiger charge is 2.19. The number of nitrogens with two attached hydrogens (primary N) is 1. The quantitative estimate of drug-likeness (QED) is 0.690. The van der Waals surface area contributed by atoms with E-state index in [0.717, 1.165) is 5.56 Å². The summed E-state index contributed by atoms with van der Waals surface area (Å²) in [6.45, 7) is 2.31. The molecule has 0 saturated heterocycles. The fraction of sp³-hybridized carbons (Fsp3) is 0.316. The molecule has 2 aromatic carbocycles. The average Bonchev–Trinajstić information content (AvgIpc) is 2.66. The second-order valence-corrected chi connectivity index (χ2v) is 7.90. The Labute approximate surface area is 165 Å². The highest BCUT2D eigenvalue weighted by atomic mass is 32.2. The largest absolute Gasteiger partial charge is 0.493 e. The zero-order chi connectivity index (χ0) is 20.9. The molecule has 0 radical (unpaired) electrons. The number of ether oxygens (including phenoxy) is 2. The lowest BCUT2D eigenvalue weighted by Gasteiger charge is -2.24. The molecule has 3 N–H and O–H groups in total. The fourth-order valence-corrected chi connectivity index (χ4v) is 3.09.